The zero-order chi connectivity index (χ0) is 10.6. The Morgan fingerprint density at radius 3 is 2.29 bits per heavy atom. The van der Waals surface area contributed by atoms with Crippen molar-refractivity contribution < 1.29 is 14.0 Å². The van der Waals surface area contributed by atoms with E-state index in [4.69, 9.17) is 4.43 Å². The molecule has 0 aromatic heterocycles. The number of hydrogen-bond donors (Lipinski definition) is 0. The van der Waals surface area contributed by atoms with Crippen molar-refractivity contribution in [3.63, 3.8) is 0 Å². The first-order chi connectivity index (χ1) is 6.56. The highest BCUT2D eigenvalue weighted by Gasteiger charge is 2.29. The highest BCUT2D eigenvalue weighted by molar-refractivity contribution is 6.85. The molecule has 0 amide bonds. The average molecular weight is 210 g/mol. The Balaban J connectivity index is 2.80. The van der Waals surface area contributed by atoms with Gasteiger partial charge in [0.2, 0.25) is 0 Å². The van der Waals surface area contributed by atoms with Gasteiger partial charge in [0.05, 0.1) is 7.11 Å². The largest absolute Gasteiger partial charge is 0.494 e. The molecule has 3 nitrogen and oxygen atoms in total. The van der Waals surface area contributed by atoms with Gasteiger partial charge in [-0.15, -0.1) is 0 Å². The molecule has 1 aromatic rings. The Morgan fingerprint density at radius 2 is 1.79 bits per heavy atom. The Morgan fingerprint density at radius 1 is 1.21 bits per heavy atom. The molecule has 1 aromatic carbocycles. The van der Waals surface area contributed by atoms with Crippen molar-refractivity contribution in [1.82, 2.24) is 0 Å². The van der Waals surface area contributed by atoms with Crippen molar-refractivity contribution in [2.45, 2.75) is 13.1 Å². The van der Waals surface area contributed by atoms with Gasteiger partial charge in [-0.3, -0.25) is 0 Å². The third-order valence-corrected chi connectivity index (χ3v) is 4.37. The van der Waals surface area contributed by atoms with Crippen LogP contribution in [0.1, 0.15) is 0 Å². The molecule has 0 fully saturated rings. The summed E-state index contributed by atoms with van der Waals surface area (Å²) in [6.07, 6.45) is -0.606. The number of carbonyl (C=O) groups is 1. The summed E-state index contributed by atoms with van der Waals surface area (Å²) in [4.78, 5) is 11.0. The van der Waals surface area contributed by atoms with Crippen LogP contribution in [0.3, 0.4) is 0 Å². The molecule has 0 heterocycles. The van der Waals surface area contributed by atoms with E-state index in [1.165, 1.54) is 7.11 Å². The van der Waals surface area contributed by atoms with Gasteiger partial charge in [0.1, 0.15) is 0 Å². The molecule has 0 radical (unpaired) electrons. The van der Waals surface area contributed by atoms with Crippen molar-refractivity contribution in [2.24, 2.45) is 0 Å². The molecule has 0 aliphatic heterocycles. The summed E-state index contributed by atoms with van der Waals surface area (Å²) in [5.74, 6) is 0. The minimum atomic E-state index is -2.14. The molecular weight excluding hydrogens is 196 g/mol. The van der Waals surface area contributed by atoms with E-state index >= 15 is 0 Å². The zero-order valence-electron chi connectivity index (χ0n) is 8.61. The monoisotopic (exact) mass is 210 g/mol. The van der Waals surface area contributed by atoms with Crippen LogP contribution in [0, 0.1) is 0 Å². The highest BCUT2D eigenvalue weighted by atomic mass is 28.4. The van der Waals surface area contributed by atoms with Gasteiger partial charge in [-0.05, 0) is 18.3 Å². The van der Waals surface area contributed by atoms with Crippen LogP contribution in [0.5, 0.6) is 0 Å². The second-order valence-electron chi connectivity index (χ2n) is 3.43. The van der Waals surface area contributed by atoms with Gasteiger partial charge in [0, 0.05) is 0 Å². The van der Waals surface area contributed by atoms with Crippen LogP contribution in [-0.2, 0) is 9.16 Å². The Bertz CT molecular complexity index is 308. The van der Waals surface area contributed by atoms with Gasteiger partial charge in [0.25, 0.3) is 8.32 Å². The molecular formula is C10H14O3Si. The summed E-state index contributed by atoms with van der Waals surface area (Å²) in [7, 11) is -0.821. The van der Waals surface area contributed by atoms with Crippen LogP contribution >= 0.6 is 0 Å². The van der Waals surface area contributed by atoms with Crippen molar-refractivity contribution in [2.75, 3.05) is 7.11 Å². The number of hydrogen-bond acceptors (Lipinski definition) is 3. The molecule has 1 rings (SSSR count). The summed E-state index contributed by atoms with van der Waals surface area (Å²) < 4.78 is 9.73. The van der Waals surface area contributed by atoms with E-state index in [1.807, 2.05) is 43.4 Å². The maximum Gasteiger partial charge on any atom is 0.494 e. The smallest absolute Gasteiger partial charge is 0.485 e. The van der Waals surface area contributed by atoms with Gasteiger partial charge in [-0.1, -0.05) is 30.3 Å². The normalized spacial score (nSPS) is 10.8. The topological polar surface area (TPSA) is 35.5 Å². The fraction of sp³-hybridized carbons (Fsp3) is 0.300. The van der Waals surface area contributed by atoms with Gasteiger partial charge < -0.3 is 9.16 Å². The van der Waals surface area contributed by atoms with E-state index in [0.29, 0.717) is 0 Å². The molecule has 0 spiro atoms. The molecule has 76 valence electrons. The second-order valence-corrected chi connectivity index (χ2v) is 7.23. The quantitative estimate of drug-likeness (QED) is 0.552. The summed E-state index contributed by atoms with van der Waals surface area (Å²) >= 11 is 0. The van der Waals surface area contributed by atoms with Gasteiger partial charge in [-0.2, -0.15) is 0 Å². The summed E-state index contributed by atoms with van der Waals surface area (Å²) in [5, 5.41) is 1.07. The van der Waals surface area contributed by atoms with E-state index in [9.17, 15) is 4.79 Å². The number of rotatable bonds is 2. The summed E-state index contributed by atoms with van der Waals surface area (Å²) in [6, 6.07) is 9.74. The van der Waals surface area contributed by atoms with Gasteiger partial charge >= 0.3 is 6.16 Å². The van der Waals surface area contributed by atoms with Crippen molar-refractivity contribution in [3.05, 3.63) is 30.3 Å². The van der Waals surface area contributed by atoms with Crippen LogP contribution < -0.4 is 5.19 Å². The number of ether oxygens (including phenoxy) is 1. The molecule has 0 bridgehead atoms. The van der Waals surface area contributed by atoms with Gasteiger partial charge in [-0.25, -0.2) is 4.79 Å². The van der Waals surface area contributed by atoms with E-state index in [1.54, 1.807) is 0 Å². The first-order valence-corrected chi connectivity index (χ1v) is 7.29. The molecule has 14 heavy (non-hydrogen) atoms. The van der Waals surface area contributed by atoms with Crippen LogP contribution in [0.25, 0.3) is 0 Å². The predicted molar refractivity (Wildman–Crippen MR) is 57.0 cm³/mol. The summed E-state index contributed by atoms with van der Waals surface area (Å²) in [5.41, 5.74) is 0. The van der Waals surface area contributed by atoms with Crippen LogP contribution in [-0.4, -0.2) is 21.6 Å². The van der Waals surface area contributed by atoms with Crippen molar-refractivity contribution in [3.8, 4) is 0 Å². The predicted octanol–water partition coefficient (Wildman–Crippen LogP) is 1.88. The van der Waals surface area contributed by atoms with Gasteiger partial charge in [0.15, 0.2) is 0 Å². The lowest BCUT2D eigenvalue weighted by Crippen LogP contribution is -2.46. The lowest BCUT2D eigenvalue weighted by molar-refractivity contribution is 0.120. The molecule has 0 atom stereocenters. The Labute approximate surface area is 84.8 Å². The standard InChI is InChI=1S/C10H14O3Si/c1-12-10(11)13-14(2,3)9-7-5-4-6-8-9/h4-8H,1-3H3. The van der Waals surface area contributed by atoms with E-state index < -0.39 is 14.5 Å². The number of benzene rings is 1. The van der Waals surface area contributed by atoms with Crippen molar-refractivity contribution >= 4 is 19.7 Å². The maximum absolute atomic E-state index is 11.0. The van der Waals surface area contributed by atoms with E-state index in [-0.39, 0.29) is 0 Å². The lowest BCUT2D eigenvalue weighted by Gasteiger charge is -2.21. The third-order valence-electron chi connectivity index (χ3n) is 1.97. The van der Waals surface area contributed by atoms with Crippen LogP contribution in [0.15, 0.2) is 30.3 Å². The molecule has 0 aliphatic rings. The minimum Gasteiger partial charge on any atom is -0.485 e. The fourth-order valence-corrected chi connectivity index (χ4v) is 2.76. The molecule has 0 unspecified atom stereocenters. The summed E-state index contributed by atoms with van der Waals surface area (Å²) in [6.45, 7) is 3.92. The molecule has 0 N–H and O–H groups in total. The van der Waals surface area contributed by atoms with Crippen LogP contribution in [0.4, 0.5) is 4.79 Å². The lowest BCUT2D eigenvalue weighted by atomic mass is 10.4. The first-order valence-electron chi connectivity index (χ1n) is 4.39. The number of methoxy groups -OCH3 is 1. The molecule has 0 aliphatic carbocycles. The Hall–Kier alpha value is -1.29. The maximum atomic E-state index is 11.0. The SMILES string of the molecule is COC(=O)O[Si](C)(C)c1ccccc1. The van der Waals surface area contributed by atoms with E-state index in [2.05, 4.69) is 4.74 Å². The molecule has 0 saturated carbocycles. The molecule has 4 heteroatoms. The highest BCUT2D eigenvalue weighted by Crippen LogP contribution is 2.06. The molecule has 0 saturated heterocycles. The second kappa shape index (κ2) is 4.28. The average Bonchev–Trinajstić information content (AvgIpc) is 2.18. The first kappa shape index (κ1) is 10.8. The minimum absolute atomic E-state index is 0.606. The third kappa shape index (κ3) is 2.60. The Kier molecular flexibility index (Phi) is 3.30. The fourth-order valence-electron chi connectivity index (χ4n) is 1.15. The zero-order valence-corrected chi connectivity index (χ0v) is 9.61. The van der Waals surface area contributed by atoms with Crippen molar-refractivity contribution in [1.29, 1.82) is 0 Å². The number of carbonyl (C=O) groups excluding carboxylic acids is 1. The van der Waals surface area contributed by atoms with Crippen LogP contribution in [0.2, 0.25) is 13.1 Å². The van der Waals surface area contributed by atoms with E-state index in [0.717, 1.165) is 5.19 Å².